The number of nitrogens with zero attached hydrogens (tertiary/aromatic N) is 3. The van der Waals surface area contributed by atoms with Gasteiger partial charge in [-0.15, -0.1) is 0 Å². The van der Waals surface area contributed by atoms with E-state index in [1.165, 1.54) is 12.1 Å². The molecule has 0 aliphatic heterocycles. The number of hydrogen-bond acceptors (Lipinski definition) is 7. The second kappa shape index (κ2) is 9.97. The Morgan fingerprint density at radius 1 is 1.10 bits per heavy atom. The maximum absolute atomic E-state index is 12.7. The maximum Gasteiger partial charge on any atom is 0.446 e. The lowest BCUT2D eigenvalue weighted by Gasteiger charge is -2.20. The van der Waals surface area contributed by atoms with Crippen molar-refractivity contribution in [1.82, 2.24) is 15.0 Å². The van der Waals surface area contributed by atoms with Crippen molar-refractivity contribution in [2.24, 2.45) is 5.92 Å². The quantitative estimate of drug-likeness (QED) is 0.401. The van der Waals surface area contributed by atoms with Gasteiger partial charge in [-0.1, -0.05) is 19.9 Å². The second-order valence-electron chi connectivity index (χ2n) is 7.08. The molecule has 0 spiro atoms. The Morgan fingerprint density at radius 2 is 1.90 bits per heavy atom. The van der Waals surface area contributed by atoms with Gasteiger partial charge in [0, 0.05) is 34.6 Å². The Kier molecular flexibility index (Phi) is 7.34. The Morgan fingerprint density at radius 3 is 2.55 bits per heavy atom. The molecule has 0 aliphatic rings. The lowest BCUT2D eigenvalue weighted by molar-refractivity contribution is -0.0328. The van der Waals surface area contributed by atoms with Crippen molar-refractivity contribution < 1.29 is 18.3 Å². The SMILES string of the molecule is CC(C)[C@@H](CO)Nc1nc(Nc2cccc(SC(F)(F)F)c2)cc(-c2cccnc2)n1. The number of rotatable bonds is 8. The van der Waals surface area contributed by atoms with Gasteiger partial charge >= 0.3 is 5.51 Å². The number of aromatic nitrogens is 3. The monoisotopic (exact) mass is 449 g/mol. The second-order valence-corrected chi connectivity index (χ2v) is 8.22. The van der Waals surface area contributed by atoms with E-state index in [-0.39, 0.29) is 41.2 Å². The molecular formula is C21H22F3N5OS. The normalized spacial score (nSPS) is 12.6. The summed E-state index contributed by atoms with van der Waals surface area (Å²) in [5.41, 5.74) is -2.58. The molecule has 1 atom stereocenters. The van der Waals surface area contributed by atoms with Gasteiger partial charge in [0.1, 0.15) is 5.82 Å². The summed E-state index contributed by atoms with van der Waals surface area (Å²) in [6.45, 7) is 3.82. The first kappa shape index (κ1) is 22.8. The summed E-state index contributed by atoms with van der Waals surface area (Å²) in [6.07, 6.45) is 3.30. The fraction of sp³-hybridized carbons (Fsp3) is 0.286. The molecule has 0 fully saturated rings. The van der Waals surface area contributed by atoms with E-state index in [9.17, 15) is 18.3 Å². The van der Waals surface area contributed by atoms with Crippen molar-refractivity contribution in [2.45, 2.75) is 30.3 Å². The molecule has 0 amide bonds. The Hall–Kier alpha value is -2.85. The van der Waals surface area contributed by atoms with Gasteiger partial charge in [0.15, 0.2) is 0 Å². The highest BCUT2D eigenvalue weighted by Crippen LogP contribution is 2.38. The zero-order valence-corrected chi connectivity index (χ0v) is 17.7. The molecule has 2 aromatic heterocycles. The lowest BCUT2D eigenvalue weighted by atomic mass is 10.1. The molecule has 0 saturated heterocycles. The zero-order chi connectivity index (χ0) is 22.4. The van der Waals surface area contributed by atoms with E-state index < -0.39 is 5.51 Å². The van der Waals surface area contributed by atoms with Crippen LogP contribution in [0, 0.1) is 5.92 Å². The molecular weight excluding hydrogens is 427 g/mol. The van der Waals surface area contributed by atoms with Crippen molar-refractivity contribution in [1.29, 1.82) is 0 Å². The summed E-state index contributed by atoms with van der Waals surface area (Å²) >= 11 is -0.178. The number of alkyl halides is 3. The zero-order valence-electron chi connectivity index (χ0n) is 16.9. The maximum atomic E-state index is 12.7. The predicted octanol–water partition coefficient (Wildman–Crippen LogP) is 5.32. The number of aliphatic hydroxyl groups excluding tert-OH is 1. The number of thioether (sulfide) groups is 1. The third kappa shape index (κ3) is 6.83. The Balaban J connectivity index is 1.93. The van der Waals surface area contributed by atoms with Gasteiger partial charge in [-0.2, -0.15) is 18.2 Å². The van der Waals surface area contributed by atoms with Crippen molar-refractivity contribution in [3.8, 4) is 11.3 Å². The number of nitrogens with one attached hydrogen (secondary N) is 2. The van der Waals surface area contributed by atoms with Crippen LogP contribution in [-0.2, 0) is 0 Å². The molecule has 3 N–H and O–H groups in total. The molecule has 164 valence electrons. The van der Waals surface area contributed by atoms with Crippen LogP contribution in [0.2, 0.25) is 0 Å². The number of aliphatic hydroxyl groups is 1. The molecule has 0 unspecified atom stereocenters. The van der Waals surface area contributed by atoms with Crippen LogP contribution in [-0.4, -0.2) is 38.2 Å². The Labute approximate surface area is 182 Å². The van der Waals surface area contributed by atoms with E-state index in [1.807, 2.05) is 19.9 Å². The molecule has 1 aromatic carbocycles. The van der Waals surface area contributed by atoms with Crippen LogP contribution >= 0.6 is 11.8 Å². The van der Waals surface area contributed by atoms with Gasteiger partial charge in [-0.05, 0) is 48.0 Å². The van der Waals surface area contributed by atoms with E-state index in [4.69, 9.17) is 0 Å². The molecule has 0 aliphatic carbocycles. The molecule has 0 saturated carbocycles. The standard InChI is InChI=1S/C21H22F3N5OS/c1-13(2)18(12-30)28-20-27-17(14-5-4-8-25-11-14)10-19(29-20)26-15-6-3-7-16(9-15)31-21(22,23)24/h3-11,13,18,30H,12H2,1-2H3,(H2,26,27,28,29)/t18-/m1/s1. The Bertz CT molecular complexity index is 1000. The molecule has 3 aromatic rings. The minimum absolute atomic E-state index is 0.0672. The van der Waals surface area contributed by atoms with E-state index in [2.05, 4.69) is 25.6 Å². The number of halogens is 3. The largest absolute Gasteiger partial charge is 0.446 e. The van der Waals surface area contributed by atoms with Gasteiger partial charge in [0.05, 0.1) is 18.3 Å². The predicted molar refractivity (Wildman–Crippen MR) is 116 cm³/mol. The summed E-state index contributed by atoms with van der Waals surface area (Å²) in [7, 11) is 0. The van der Waals surface area contributed by atoms with Crippen LogP contribution < -0.4 is 10.6 Å². The minimum atomic E-state index is -4.37. The highest BCUT2D eigenvalue weighted by molar-refractivity contribution is 8.00. The van der Waals surface area contributed by atoms with Crippen LogP contribution in [0.3, 0.4) is 0 Å². The van der Waals surface area contributed by atoms with Crippen LogP contribution in [0.15, 0.2) is 59.8 Å². The van der Waals surface area contributed by atoms with Crippen LogP contribution in [0.5, 0.6) is 0 Å². The summed E-state index contributed by atoms with van der Waals surface area (Å²) in [4.78, 5) is 13.1. The molecule has 31 heavy (non-hydrogen) atoms. The highest BCUT2D eigenvalue weighted by atomic mass is 32.2. The molecule has 10 heteroatoms. The van der Waals surface area contributed by atoms with Crippen molar-refractivity contribution in [2.75, 3.05) is 17.2 Å². The van der Waals surface area contributed by atoms with E-state index in [0.29, 0.717) is 17.2 Å². The smallest absolute Gasteiger partial charge is 0.394 e. The van der Waals surface area contributed by atoms with Gasteiger partial charge < -0.3 is 15.7 Å². The van der Waals surface area contributed by atoms with Crippen LogP contribution in [0.1, 0.15) is 13.8 Å². The third-order valence-electron chi connectivity index (χ3n) is 4.34. The molecule has 6 nitrogen and oxygen atoms in total. The van der Waals surface area contributed by atoms with Crippen molar-refractivity contribution in [3.05, 3.63) is 54.9 Å². The summed E-state index contributed by atoms with van der Waals surface area (Å²) in [6, 6.07) is 11.0. The number of benzene rings is 1. The summed E-state index contributed by atoms with van der Waals surface area (Å²) in [5, 5.41) is 15.8. The first-order chi connectivity index (χ1) is 14.7. The molecule has 0 bridgehead atoms. The van der Waals surface area contributed by atoms with E-state index in [1.54, 1.807) is 36.7 Å². The average molecular weight is 450 g/mol. The van der Waals surface area contributed by atoms with Gasteiger partial charge in [0.2, 0.25) is 5.95 Å². The van der Waals surface area contributed by atoms with Crippen molar-refractivity contribution in [3.63, 3.8) is 0 Å². The third-order valence-corrected chi connectivity index (χ3v) is 5.06. The van der Waals surface area contributed by atoms with Gasteiger partial charge in [-0.3, -0.25) is 4.98 Å². The van der Waals surface area contributed by atoms with Crippen molar-refractivity contribution >= 4 is 29.2 Å². The number of hydrogen-bond donors (Lipinski definition) is 3. The lowest BCUT2D eigenvalue weighted by Crippen LogP contribution is -2.30. The first-order valence-electron chi connectivity index (χ1n) is 9.53. The van der Waals surface area contributed by atoms with E-state index >= 15 is 0 Å². The summed E-state index contributed by atoms with van der Waals surface area (Å²) in [5.74, 6) is 0.812. The van der Waals surface area contributed by atoms with E-state index in [0.717, 1.165) is 5.56 Å². The molecule has 0 radical (unpaired) electrons. The first-order valence-corrected chi connectivity index (χ1v) is 10.3. The highest BCUT2D eigenvalue weighted by Gasteiger charge is 2.29. The summed E-state index contributed by atoms with van der Waals surface area (Å²) < 4.78 is 38.1. The number of pyridine rings is 1. The molecule has 3 rings (SSSR count). The van der Waals surface area contributed by atoms with Crippen LogP contribution in [0.25, 0.3) is 11.3 Å². The van der Waals surface area contributed by atoms with Crippen LogP contribution in [0.4, 0.5) is 30.6 Å². The number of anilines is 3. The van der Waals surface area contributed by atoms with Gasteiger partial charge in [-0.25, -0.2) is 4.98 Å². The average Bonchev–Trinajstić information content (AvgIpc) is 2.71. The minimum Gasteiger partial charge on any atom is -0.394 e. The fourth-order valence-electron chi connectivity index (χ4n) is 2.75. The molecule has 2 heterocycles. The fourth-order valence-corrected chi connectivity index (χ4v) is 3.35. The van der Waals surface area contributed by atoms with Gasteiger partial charge in [0.25, 0.3) is 0 Å². The topological polar surface area (TPSA) is 83.0 Å².